The van der Waals surface area contributed by atoms with Gasteiger partial charge in [0.15, 0.2) is 0 Å². The van der Waals surface area contributed by atoms with Gasteiger partial charge in [0.1, 0.15) is 0 Å². The highest BCUT2D eigenvalue weighted by molar-refractivity contribution is 6.20. The number of halogens is 2. The fourth-order valence-electron chi connectivity index (χ4n) is 1.38. The first-order valence-electron chi connectivity index (χ1n) is 4.85. The summed E-state index contributed by atoms with van der Waals surface area (Å²) in [5.41, 5.74) is 2.35. The summed E-state index contributed by atoms with van der Waals surface area (Å²) in [4.78, 5) is 0. The summed E-state index contributed by atoms with van der Waals surface area (Å²) in [7, 11) is 1.97. The van der Waals surface area contributed by atoms with Crippen molar-refractivity contribution >= 4 is 23.2 Å². The molecule has 0 aromatic carbocycles. The van der Waals surface area contributed by atoms with Crippen LogP contribution in [0, 0.1) is 5.92 Å². The minimum absolute atomic E-state index is 0.346. The quantitative estimate of drug-likeness (QED) is 0.717. The average molecular weight is 235 g/mol. The number of nitrogens with zero attached hydrogens (tertiary/aromatic N) is 2. The molecule has 1 aromatic heterocycles. The van der Waals surface area contributed by atoms with Crippen molar-refractivity contribution in [3.63, 3.8) is 0 Å². The Morgan fingerprint density at radius 3 is 2.50 bits per heavy atom. The van der Waals surface area contributed by atoms with E-state index in [1.807, 2.05) is 11.7 Å². The van der Waals surface area contributed by atoms with Crippen molar-refractivity contribution in [1.29, 1.82) is 0 Å². The summed E-state index contributed by atoms with van der Waals surface area (Å²) in [6, 6.07) is 2.13. The minimum Gasteiger partial charge on any atom is -0.272 e. The van der Waals surface area contributed by atoms with E-state index in [2.05, 4.69) is 18.1 Å². The molecule has 0 aliphatic heterocycles. The number of aromatic nitrogens is 2. The molecule has 0 aliphatic carbocycles. The number of alkyl halides is 2. The van der Waals surface area contributed by atoms with Crippen LogP contribution in [0.4, 0.5) is 0 Å². The highest BCUT2D eigenvalue weighted by atomic mass is 35.5. The van der Waals surface area contributed by atoms with E-state index in [1.165, 1.54) is 5.69 Å². The molecule has 0 saturated carbocycles. The van der Waals surface area contributed by atoms with Gasteiger partial charge >= 0.3 is 0 Å². The lowest BCUT2D eigenvalue weighted by molar-refractivity contribution is 0.603. The summed E-state index contributed by atoms with van der Waals surface area (Å²) < 4.78 is 1.92. The normalized spacial score (nSPS) is 11.2. The third-order valence-electron chi connectivity index (χ3n) is 2.32. The van der Waals surface area contributed by atoms with Gasteiger partial charge in [-0.1, -0.05) is 6.92 Å². The number of hydrogen-bond acceptors (Lipinski definition) is 1. The van der Waals surface area contributed by atoms with Crippen molar-refractivity contribution in [2.45, 2.75) is 19.8 Å². The molecule has 80 valence electrons. The molecule has 0 unspecified atom stereocenters. The van der Waals surface area contributed by atoms with E-state index in [-0.39, 0.29) is 0 Å². The van der Waals surface area contributed by atoms with Crippen LogP contribution in [0.1, 0.15) is 18.3 Å². The molecule has 14 heavy (non-hydrogen) atoms. The Labute approximate surface area is 95.2 Å². The minimum atomic E-state index is 0.346. The smallest absolute Gasteiger partial charge is 0.0624 e. The van der Waals surface area contributed by atoms with E-state index in [0.717, 1.165) is 18.5 Å². The maximum atomic E-state index is 5.80. The molecular formula is C10H16Cl2N2. The van der Waals surface area contributed by atoms with Crippen LogP contribution in [0.3, 0.4) is 0 Å². The molecule has 0 N–H and O–H groups in total. The largest absolute Gasteiger partial charge is 0.272 e. The lowest BCUT2D eigenvalue weighted by Crippen LogP contribution is -2.11. The number of aryl methyl sites for hydroxylation is 2. The fourth-order valence-corrected chi connectivity index (χ4v) is 1.93. The molecule has 0 saturated heterocycles. The van der Waals surface area contributed by atoms with Gasteiger partial charge < -0.3 is 0 Å². The second-order valence-electron chi connectivity index (χ2n) is 3.48. The van der Waals surface area contributed by atoms with Gasteiger partial charge in [-0.2, -0.15) is 5.10 Å². The maximum absolute atomic E-state index is 5.80. The Hall–Kier alpha value is -0.210. The summed E-state index contributed by atoms with van der Waals surface area (Å²) in [5.74, 6) is 1.56. The molecule has 1 rings (SSSR count). The molecule has 0 fully saturated rings. The molecule has 1 aromatic rings. The van der Waals surface area contributed by atoms with Gasteiger partial charge in [-0.3, -0.25) is 4.68 Å². The summed E-state index contributed by atoms with van der Waals surface area (Å²) >= 11 is 11.6. The van der Waals surface area contributed by atoms with Crippen LogP contribution in [-0.2, 0) is 19.9 Å². The third kappa shape index (κ3) is 2.89. The van der Waals surface area contributed by atoms with Crippen LogP contribution in [-0.4, -0.2) is 21.5 Å². The van der Waals surface area contributed by atoms with Crippen LogP contribution in [0.25, 0.3) is 0 Å². The van der Waals surface area contributed by atoms with Gasteiger partial charge in [0.25, 0.3) is 0 Å². The second-order valence-corrected chi connectivity index (χ2v) is 4.10. The first-order chi connectivity index (χ1) is 6.71. The molecule has 0 amide bonds. The summed E-state index contributed by atoms with van der Waals surface area (Å²) in [6.07, 6.45) is 1.89. The second kappa shape index (κ2) is 5.62. The van der Waals surface area contributed by atoms with Crippen LogP contribution >= 0.6 is 23.2 Å². The van der Waals surface area contributed by atoms with Crippen molar-refractivity contribution in [3.05, 3.63) is 17.5 Å². The molecular weight excluding hydrogens is 219 g/mol. The van der Waals surface area contributed by atoms with E-state index >= 15 is 0 Å². The number of rotatable bonds is 5. The van der Waals surface area contributed by atoms with Crippen LogP contribution in [0.2, 0.25) is 0 Å². The van der Waals surface area contributed by atoms with Gasteiger partial charge in [-0.15, -0.1) is 23.2 Å². The third-order valence-corrected chi connectivity index (χ3v) is 3.20. The molecule has 0 radical (unpaired) electrons. The van der Waals surface area contributed by atoms with Gasteiger partial charge in [0.05, 0.1) is 5.69 Å². The Morgan fingerprint density at radius 1 is 1.43 bits per heavy atom. The average Bonchev–Trinajstić information content (AvgIpc) is 2.56. The first kappa shape index (κ1) is 11.9. The van der Waals surface area contributed by atoms with Crippen molar-refractivity contribution in [3.8, 4) is 0 Å². The van der Waals surface area contributed by atoms with Crippen LogP contribution in [0.5, 0.6) is 0 Å². The van der Waals surface area contributed by atoms with Gasteiger partial charge in [0.2, 0.25) is 0 Å². The van der Waals surface area contributed by atoms with Crippen molar-refractivity contribution in [2.75, 3.05) is 11.8 Å². The zero-order valence-electron chi connectivity index (χ0n) is 8.63. The Kier molecular flexibility index (Phi) is 4.76. The zero-order chi connectivity index (χ0) is 10.6. The summed E-state index contributed by atoms with van der Waals surface area (Å²) in [5, 5.41) is 4.38. The maximum Gasteiger partial charge on any atom is 0.0624 e. The lowest BCUT2D eigenvalue weighted by Gasteiger charge is -2.09. The summed E-state index contributed by atoms with van der Waals surface area (Å²) in [6.45, 7) is 2.10. The van der Waals surface area contributed by atoms with Gasteiger partial charge in [-0.25, -0.2) is 0 Å². The standard InChI is InChI=1S/C10H16Cl2N2/c1-3-9-5-10(14(2)13-9)4-8(6-11)7-12/h5,8H,3-4,6-7H2,1-2H3. The monoisotopic (exact) mass is 234 g/mol. The van der Waals surface area contributed by atoms with Crippen LogP contribution < -0.4 is 0 Å². The topological polar surface area (TPSA) is 17.8 Å². The SMILES string of the molecule is CCc1cc(CC(CCl)CCl)n(C)n1. The van der Waals surface area contributed by atoms with Crippen molar-refractivity contribution < 1.29 is 0 Å². The zero-order valence-corrected chi connectivity index (χ0v) is 10.1. The molecule has 0 aliphatic rings. The highest BCUT2D eigenvalue weighted by Gasteiger charge is 2.11. The molecule has 0 atom stereocenters. The van der Waals surface area contributed by atoms with E-state index in [4.69, 9.17) is 23.2 Å². The molecule has 1 heterocycles. The Balaban J connectivity index is 2.69. The van der Waals surface area contributed by atoms with Gasteiger partial charge in [-0.05, 0) is 24.8 Å². The van der Waals surface area contributed by atoms with E-state index < -0.39 is 0 Å². The predicted octanol–water partition coefficient (Wildman–Crippen LogP) is 2.62. The Morgan fingerprint density at radius 2 is 2.07 bits per heavy atom. The molecule has 4 heteroatoms. The molecule has 0 spiro atoms. The molecule has 2 nitrogen and oxygen atoms in total. The first-order valence-corrected chi connectivity index (χ1v) is 5.91. The van der Waals surface area contributed by atoms with E-state index in [9.17, 15) is 0 Å². The van der Waals surface area contributed by atoms with Crippen molar-refractivity contribution in [1.82, 2.24) is 9.78 Å². The fraction of sp³-hybridized carbons (Fsp3) is 0.700. The van der Waals surface area contributed by atoms with E-state index in [0.29, 0.717) is 17.7 Å². The van der Waals surface area contributed by atoms with Crippen molar-refractivity contribution in [2.24, 2.45) is 13.0 Å². The van der Waals surface area contributed by atoms with Crippen LogP contribution in [0.15, 0.2) is 6.07 Å². The molecule has 0 bridgehead atoms. The Bertz CT molecular complexity index is 280. The predicted molar refractivity (Wildman–Crippen MR) is 61.2 cm³/mol. The highest BCUT2D eigenvalue weighted by Crippen LogP contribution is 2.13. The lowest BCUT2D eigenvalue weighted by atomic mass is 10.1. The van der Waals surface area contributed by atoms with Gasteiger partial charge in [0, 0.05) is 24.5 Å². The van der Waals surface area contributed by atoms with E-state index in [1.54, 1.807) is 0 Å². The number of hydrogen-bond donors (Lipinski definition) is 0.